The van der Waals surface area contributed by atoms with Crippen molar-refractivity contribution in [3.63, 3.8) is 0 Å². The summed E-state index contributed by atoms with van der Waals surface area (Å²) in [7, 11) is 0. The zero-order valence-corrected chi connectivity index (χ0v) is 10.4. The van der Waals surface area contributed by atoms with Crippen LogP contribution in [0.3, 0.4) is 0 Å². The highest BCUT2D eigenvalue weighted by Gasteiger charge is 2.21. The molecule has 0 bridgehead atoms. The molecule has 1 aliphatic rings. The quantitative estimate of drug-likeness (QED) is 0.632. The van der Waals surface area contributed by atoms with Gasteiger partial charge in [0.05, 0.1) is 0 Å². The zero-order chi connectivity index (χ0) is 11.4. The Kier molecular flexibility index (Phi) is 4.06. The average Bonchev–Trinajstić information content (AvgIpc) is 2.32. The van der Waals surface area contributed by atoms with Crippen molar-refractivity contribution < 1.29 is 0 Å². The smallest absolute Gasteiger partial charge is 0.0406 e. The maximum Gasteiger partial charge on any atom is 0.0406 e. The lowest BCUT2D eigenvalue weighted by molar-refractivity contribution is 0.328. The Hall–Kier alpha value is -0.750. The summed E-state index contributed by atoms with van der Waals surface area (Å²) in [5.41, 5.74) is 1.46. The Balaban J connectivity index is 1.93. The number of halogens is 1. The van der Waals surface area contributed by atoms with Crippen LogP contribution in [-0.2, 0) is 0 Å². The first kappa shape index (κ1) is 11.7. The molecule has 2 rings (SSSR count). The standard InChI is InChI=1S/C15H19Cl/c1-2-3-12-4-6-13(7-5-12)14-8-10-15(16)11-9-14/h2,8-13H,1,3-7H2/t12-,13-. The first-order valence-corrected chi connectivity index (χ1v) is 6.53. The molecule has 0 unspecified atom stereocenters. The number of allylic oxidation sites excluding steroid dienone is 1. The van der Waals surface area contributed by atoms with Crippen LogP contribution in [0, 0.1) is 5.92 Å². The second-order valence-corrected chi connectivity index (χ2v) is 5.23. The van der Waals surface area contributed by atoms with E-state index in [4.69, 9.17) is 11.6 Å². The van der Waals surface area contributed by atoms with Gasteiger partial charge in [-0.05, 0) is 61.6 Å². The van der Waals surface area contributed by atoms with E-state index in [-0.39, 0.29) is 0 Å². The van der Waals surface area contributed by atoms with E-state index in [9.17, 15) is 0 Å². The molecular weight excluding hydrogens is 216 g/mol. The highest BCUT2D eigenvalue weighted by molar-refractivity contribution is 6.30. The molecule has 0 aliphatic heterocycles. The van der Waals surface area contributed by atoms with Crippen LogP contribution in [0.2, 0.25) is 5.02 Å². The highest BCUT2D eigenvalue weighted by atomic mass is 35.5. The van der Waals surface area contributed by atoms with Crippen molar-refractivity contribution in [2.24, 2.45) is 5.92 Å². The zero-order valence-electron chi connectivity index (χ0n) is 9.66. The molecule has 0 spiro atoms. The summed E-state index contributed by atoms with van der Waals surface area (Å²) >= 11 is 5.90. The summed E-state index contributed by atoms with van der Waals surface area (Å²) in [5, 5.41) is 0.837. The van der Waals surface area contributed by atoms with Crippen molar-refractivity contribution in [2.45, 2.75) is 38.0 Å². The van der Waals surface area contributed by atoms with Gasteiger partial charge >= 0.3 is 0 Å². The van der Waals surface area contributed by atoms with Gasteiger partial charge in [0.25, 0.3) is 0 Å². The molecule has 0 nitrogen and oxygen atoms in total. The first-order chi connectivity index (χ1) is 7.79. The molecule has 16 heavy (non-hydrogen) atoms. The third-order valence-corrected chi connectivity index (χ3v) is 3.94. The first-order valence-electron chi connectivity index (χ1n) is 6.16. The molecule has 1 aromatic carbocycles. The van der Waals surface area contributed by atoms with E-state index >= 15 is 0 Å². The van der Waals surface area contributed by atoms with Crippen LogP contribution in [-0.4, -0.2) is 0 Å². The van der Waals surface area contributed by atoms with Gasteiger partial charge in [0.15, 0.2) is 0 Å². The lowest BCUT2D eigenvalue weighted by Gasteiger charge is -2.28. The van der Waals surface area contributed by atoms with Gasteiger partial charge in [-0.1, -0.05) is 29.8 Å². The molecule has 0 saturated heterocycles. The third-order valence-electron chi connectivity index (χ3n) is 3.69. The van der Waals surface area contributed by atoms with Gasteiger partial charge in [-0.15, -0.1) is 6.58 Å². The monoisotopic (exact) mass is 234 g/mol. The SMILES string of the molecule is C=CC[C@H]1CC[C@H](c2ccc(Cl)cc2)CC1. The fourth-order valence-electron chi connectivity index (χ4n) is 2.70. The summed E-state index contributed by atoms with van der Waals surface area (Å²) < 4.78 is 0. The van der Waals surface area contributed by atoms with Crippen molar-refractivity contribution in [3.05, 3.63) is 47.5 Å². The molecular formula is C15H19Cl. The second-order valence-electron chi connectivity index (χ2n) is 4.79. The molecule has 1 fully saturated rings. The average molecular weight is 235 g/mol. The minimum absolute atomic E-state index is 0.748. The topological polar surface area (TPSA) is 0 Å². The molecule has 1 saturated carbocycles. The Morgan fingerprint density at radius 2 is 1.75 bits per heavy atom. The Bertz CT molecular complexity index is 331. The van der Waals surface area contributed by atoms with Crippen LogP contribution < -0.4 is 0 Å². The Morgan fingerprint density at radius 1 is 1.12 bits per heavy atom. The molecule has 0 radical (unpaired) electrons. The summed E-state index contributed by atoms with van der Waals surface area (Å²) in [5.74, 6) is 1.62. The second kappa shape index (κ2) is 5.54. The summed E-state index contributed by atoms with van der Waals surface area (Å²) in [6.07, 6.45) is 8.58. The molecule has 1 aromatic rings. The normalized spacial score (nSPS) is 25.3. The third kappa shape index (κ3) is 2.89. The number of rotatable bonds is 3. The summed E-state index contributed by atoms with van der Waals surface area (Å²) in [4.78, 5) is 0. The Morgan fingerprint density at radius 3 is 2.31 bits per heavy atom. The van der Waals surface area contributed by atoms with Gasteiger partial charge in [0, 0.05) is 5.02 Å². The van der Waals surface area contributed by atoms with Crippen LogP contribution in [0.1, 0.15) is 43.6 Å². The fraction of sp³-hybridized carbons (Fsp3) is 0.467. The van der Waals surface area contributed by atoms with E-state index in [1.54, 1.807) is 0 Å². The van der Waals surface area contributed by atoms with E-state index in [0.717, 1.165) is 16.9 Å². The minimum atomic E-state index is 0.748. The van der Waals surface area contributed by atoms with Gasteiger partial charge in [-0.25, -0.2) is 0 Å². The van der Waals surface area contributed by atoms with Crippen molar-refractivity contribution in [1.82, 2.24) is 0 Å². The summed E-state index contributed by atoms with van der Waals surface area (Å²) in [6, 6.07) is 8.38. The van der Waals surface area contributed by atoms with Crippen molar-refractivity contribution >= 4 is 11.6 Å². The number of benzene rings is 1. The van der Waals surface area contributed by atoms with E-state index in [1.807, 2.05) is 12.1 Å². The Labute approximate surface area is 103 Å². The molecule has 0 atom stereocenters. The van der Waals surface area contributed by atoms with Gasteiger partial charge in [0.1, 0.15) is 0 Å². The molecule has 1 aliphatic carbocycles. The molecule has 0 heterocycles. The predicted molar refractivity (Wildman–Crippen MR) is 71.0 cm³/mol. The summed E-state index contributed by atoms with van der Waals surface area (Å²) in [6.45, 7) is 3.83. The number of hydrogen-bond acceptors (Lipinski definition) is 0. The van der Waals surface area contributed by atoms with Crippen molar-refractivity contribution in [1.29, 1.82) is 0 Å². The molecule has 1 heteroatoms. The van der Waals surface area contributed by atoms with Crippen LogP contribution in [0.15, 0.2) is 36.9 Å². The highest BCUT2D eigenvalue weighted by Crippen LogP contribution is 2.37. The van der Waals surface area contributed by atoms with Crippen LogP contribution >= 0.6 is 11.6 Å². The van der Waals surface area contributed by atoms with Gasteiger partial charge in [-0.3, -0.25) is 0 Å². The maximum absolute atomic E-state index is 5.90. The largest absolute Gasteiger partial charge is 0.103 e. The molecule has 0 N–H and O–H groups in total. The maximum atomic E-state index is 5.90. The van der Waals surface area contributed by atoms with Gasteiger partial charge < -0.3 is 0 Å². The fourth-order valence-corrected chi connectivity index (χ4v) is 2.83. The van der Waals surface area contributed by atoms with Crippen LogP contribution in [0.5, 0.6) is 0 Å². The van der Waals surface area contributed by atoms with Crippen LogP contribution in [0.4, 0.5) is 0 Å². The van der Waals surface area contributed by atoms with Crippen molar-refractivity contribution in [2.75, 3.05) is 0 Å². The number of hydrogen-bond donors (Lipinski definition) is 0. The minimum Gasteiger partial charge on any atom is -0.103 e. The van der Waals surface area contributed by atoms with Gasteiger partial charge in [0.2, 0.25) is 0 Å². The molecule has 86 valence electrons. The molecule has 0 amide bonds. The van der Waals surface area contributed by atoms with Crippen molar-refractivity contribution in [3.8, 4) is 0 Å². The lowest BCUT2D eigenvalue weighted by atomic mass is 9.78. The van der Waals surface area contributed by atoms with E-state index in [2.05, 4.69) is 24.8 Å². The van der Waals surface area contributed by atoms with E-state index in [1.165, 1.54) is 37.7 Å². The van der Waals surface area contributed by atoms with E-state index in [0.29, 0.717) is 0 Å². The predicted octanol–water partition coefficient (Wildman–Crippen LogP) is 5.19. The van der Waals surface area contributed by atoms with E-state index < -0.39 is 0 Å². The lowest BCUT2D eigenvalue weighted by Crippen LogP contribution is -2.12. The van der Waals surface area contributed by atoms with Gasteiger partial charge in [-0.2, -0.15) is 0 Å². The molecule has 0 aromatic heterocycles. The van der Waals surface area contributed by atoms with Crippen LogP contribution in [0.25, 0.3) is 0 Å².